The molecule has 17 heavy (non-hydrogen) atoms. The zero-order chi connectivity index (χ0) is 12.1. The molecule has 0 aliphatic rings. The van der Waals surface area contributed by atoms with E-state index in [2.05, 4.69) is 5.32 Å². The highest BCUT2D eigenvalue weighted by Crippen LogP contribution is 2.19. The molecule has 0 unspecified atom stereocenters. The lowest BCUT2D eigenvalue weighted by Gasteiger charge is -2.07. The summed E-state index contributed by atoms with van der Waals surface area (Å²) in [5, 5.41) is 3.65. The topological polar surface area (TPSA) is 34.4 Å². The van der Waals surface area contributed by atoms with E-state index in [-0.39, 0.29) is 0 Å². The van der Waals surface area contributed by atoms with Crippen molar-refractivity contribution in [3.63, 3.8) is 0 Å². The van der Waals surface area contributed by atoms with Crippen LogP contribution < -0.4 is 10.1 Å². The summed E-state index contributed by atoms with van der Waals surface area (Å²) < 4.78 is 10.7. The maximum absolute atomic E-state index is 5.69. The van der Waals surface area contributed by atoms with Crippen molar-refractivity contribution in [2.45, 2.75) is 13.5 Å². The van der Waals surface area contributed by atoms with Crippen LogP contribution in [0.4, 0.5) is 5.69 Å². The third kappa shape index (κ3) is 3.43. The zero-order valence-corrected chi connectivity index (χ0v) is 10.3. The third-order valence-corrected chi connectivity index (χ3v) is 2.44. The van der Waals surface area contributed by atoms with Gasteiger partial charge in [-0.3, -0.25) is 0 Å². The van der Waals surface area contributed by atoms with E-state index in [0.717, 1.165) is 17.2 Å². The molecule has 4 heteroatoms. The van der Waals surface area contributed by atoms with Crippen LogP contribution in [0.25, 0.3) is 0 Å². The molecule has 1 aromatic heterocycles. The van der Waals surface area contributed by atoms with Crippen molar-refractivity contribution >= 4 is 17.3 Å². The lowest BCUT2D eigenvalue weighted by Crippen LogP contribution is -1.98. The first-order valence-electron chi connectivity index (χ1n) is 5.49. The molecule has 1 heterocycles. The Morgan fingerprint density at radius 1 is 1.29 bits per heavy atom. The van der Waals surface area contributed by atoms with Gasteiger partial charge in [0.05, 0.1) is 13.2 Å². The SMILES string of the molecule is CCOc1cccc(NCc2ccc(Cl)o2)c1. The normalized spacial score (nSPS) is 10.2. The molecule has 0 aliphatic carbocycles. The van der Waals surface area contributed by atoms with Gasteiger partial charge in [0.2, 0.25) is 0 Å². The molecule has 1 N–H and O–H groups in total. The first kappa shape index (κ1) is 11.9. The Bertz CT molecular complexity index is 482. The molecule has 1 aromatic carbocycles. The number of halogens is 1. The highest BCUT2D eigenvalue weighted by molar-refractivity contribution is 6.28. The number of ether oxygens (including phenoxy) is 1. The second-order valence-electron chi connectivity index (χ2n) is 3.52. The Balaban J connectivity index is 1.96. The van der Waals surface area contributed by atoms with Gasteiger partial charge in [-0.15, -0.1) is 0 Å². The van der Waals surface area contributed by atoms with Crippen LogP contribution in [0.2, 0.25) is 5.22 Å². The summed E-state index contributed by atoms with van der Waals surface area (Å²) >= 11 is 5.69. The molecule has 2 aromatic rings. The molecule has 0 aliphatic heterocycles. The summed E-state index contributed by atoms with van der Waals surface area (Å²) in [6.07, 6.45) is 0. The van der Waals surface area contributed by atoms with Crippen molar-refractivity contribution in [1.82, 2.24) is 0 Å². The first-order chi connectivity index (χ1) is 8.28. The van der Waals surface area contributed by atoms with Gasteiger partial charge >= 0.3 is 0 Å². The maximum Gasteiger partial charge on any atom is 0.193 e. The van der Waals surface area contributed by atoms with Gasteiger partial charge in [-0.05, 0) is 42.8 Å². The number of anilines is 1. The highest BCUT2D eigenvalue weighted by Gasteiger charge is 2.00. The summed E-state index contributed by atoms with van der Waals surface area (Å²) in [7, 11) is 0. The molecule has 2 rings (SSSR count). The van der Waals surface area contributed by atoms with Gasteiger partial charge in [0.1, 0.15) is 11.5 Å². The van der Waals surface area contributed by atoms with Gasteiger partial charge < -0.3 is 14.5 Å². The van der Waals surface area contributed by atoms with Gasteiger partial charge in [0.15, 0.2) is 5.22 Å². The number of furan rings is 1. The smallest absolute Gasteiger partial charge is 0.193 e. The zero-order valence-electron chi connectivity index (χ0n) is 9.57. The Morgan fingerprint density at radius 3 is 2.88 bits per heavy atom. The van der Waals surface area contributed by atoms with Crippen molar-refractivity contribution in [3.8, 4) is 5.75 Å². The van der Waals surface area contributed by atoms with Crippen LogP contribution in [0.3, 0.4) is 0 Å². The summed E-state index contributed by atoms with van der Waals surface area (Å²) in [6.45, 7) is 3.23. The van der Waals surface area contributed by atoms with Crippen molar-refractivity contribution in [2.24, 2.45) is 0 Å². The van der Waals surface area contributed by atoms with Gasteiger partial charge in [0, 0.05) is 11.8 Å². The fourth-order valence-corrected chi connectivity index (χ4v) is 1.66. The van der Waals surface area contributed by atoms with E-state index in [0.29, 0.717) is 18.4 Å². The van der Waals surface area contributed by atoms with E-state index >= 15 is 0 Å². The van der Waals surface area contributed by atoms with E-state index in [1.54, 1.807) is 6.07 Å². The molecule has 3 nitrogen and oxygen atoms in total. The predicted molar refractivity (Wildman–Crippen MR) is 68.7 cm³/mol. The fourth-order valence-electron chi connectivity index (χ4n) is 1.50. The number of benzene rings is 1. The molecular weight excluding hydrogens is 238 g/mol. The minimum absolute atomic E-state index is 0.407. The number of hydrogen-bond acceptors (Lipinski definition) is 3. The predicted octanol–water partition coefficient (Wildman–Crippen LogP) is 3.94. The van der Waals surface area contributed by atoms with Crippen LogP contribution in [-0.2, 0) is 6.54 Å². The minimum atomic E-state index is 0.407. The van der Waals surface area contributed by atoms with Gasteiger partial charge in [-0.2, -0.15) is 0 Å². The van der Waals surface area contributed by atoms with Crippen LogP contribution in [0.5, 0.6) is 5.75 Å². The minimum Gasteiger partial charge on any atom is -0.494 e. The molecule has 0 radical (unpaired) electrons. The van der Waals surface area contributed by atoms with Crippen molar-refractivity contribution in [2.75, 3.05) is 11.9 Å². The fraction of sp³-hybridized carbons (Fsp3) is 0.231. The average molecular weight is 252 g/mol. The highest BCUT2D eigenvalue weighted by atomic mass is 35.5. The van der Waals surface area contributed by atoms with Gasteiger partial charge in [-0.1, -0.05) is 6.07 Å². The largest absolute Gasteiger partial charge is 0.494 e. The number of hydrogen-bond donors (Lipinski definition) is 1. The molecule has 0 amide bonds. The van der Waals surface area contributed by atoms with E-state index < -0.39 is 0 Å². The lowest BCUT2D eigenvalue weighted by molar-refractivity contribution is 0.340. The van der Waals surface area contributed by atoms with Crippen LogP contribution in [0.1, 0.15) is 12.7 Å². The summed E-state index contributed by atoms with van der Waals surface area (Å²) in [5.74, 6) is 1.66. The number of nitrogens with one attached hydrogen (secondary N) is 1. The molecule has 0 fully saturated rings. The molecule has 0 spiro atoms. The van der Waals surface area contributed by atoms with Crippen LogP contribution >= 0.6 is 11.6 Å². The second kappa shape index (κ2) is 5.64. The van der Waals surface area contributed by atoms with Gasteiger partial charge in [0.25, 0.3) is 0 Å². The van der Waals surface area contributed by atoms with Crippen molar-refractivity contribution < 1.29 is 9.15 Å². The summed E-state index contributed by atoms with van der Waals surface area (Å²) in [4.78, 5) is 0. The summed E-state index contributed by atoms with van der Waals surface area (Å²) in [5.41, 5.74) is 0.989. The Kier molecular flexibility index (Phi) is 3.94. The third-order valence-electron chi connectivity index (χ3n) is 2.24. The Morgan fingerprint density at radius 2 is 2.18 bits per heavy atom. The van der Waals surface area contributed by atoms with Crippen LogP contribution in [0.15, 0.2) is 40.8 Å². The molecule has 90 valence electrons. The van der Waals surface area contributed by atoms with Crippen molar-refractivity contribution in [3.05, 3.63) is 47.4 Å². The standard InChI is InChI=1S/C13H14ClNO2/c1-2-16-11-5-3-4-10(8-11)15-9-12-6-7-13(14)17-12/h3-8,15H,2,9H2,1H3. The van der Waals surface area contributed by atoms with E-state index in [4.69, 9.17) is 20.8 Å². The first-order valence-corrected chi connectivity index (χ1v) is 5.86. The van der Waals surface area contributed by atoms with Crippen molar-refractivity contribution in [1.29, 1.82) is 0 Å². The van der Waals surface area contributed by atoms with Crippen LogP contribution in [-0.4, -0.2) is 6.61 Å². The van der Waals surface area contributed by atoms with E-state index in [9.17, 15) is 0 Å². The Labute approximate surface area is 105 Å². The molecule has 0 atom stereocenters. The van der Waals surface area contributed by atoms with E-state index in [1.165, 1.54) is 0 Å². The maximum atomic E-state index is 5.69. The van der Waals surface area contributed by atoms with Gasteiger partial charge in [-0.25, -0.2) is 0 Å². The molecule has 0 saturated carbocycles. The van der Waals surface area contributed by atoms with Crippen LogP contribution in [0, 0.1) is 0 Å². The van der Waals surface area contributed by atoms with E-state index in [1.807, 2.05) is 37.3 Å². The molecule has 0 bridgehead atoms. The number of rotatable bonds is 5. The Hall–Kier alpha value is -1.61. The quantitative estimate of drug-likeness (QED) is 0.874. The molecule has 0 saturated heterocycles. The monoisotopic (exact) mass is 251 g/mol. The molecular formula is C13H14ClNO2. The average Bonchev–Trinajstić information content (AvgIpc) is 2.74. The summed E-state index contributed by atoms with van der Waals surface area (Å²) in [6, 6.07) is 11.4. The second-order valence-corrected chi connectivity index (χ2v) is 3.89. The lowest BCUT2D eigenvalue weighted by atomic mass is 10.3.